The molecule has 0 bridgehead atoms. The minimum absolute atomic E-state index is 0.327. The molecule has 0 aliphatic heterocycles. The van der Waals surface area contributed by atoms with Crippen LogP contribution in [0.25, 0.3) is 0 Å². The number of methoxy groups -OCH3 is 2. The maximum Gasteiger partial charge on any atom is 0.319 e. The molecule has 2 rings (SSSR count). The van der Waals surface area contributed by atoms with Crippen molar-refractivity contribution >= 4 is 17.6 Å². The van der Waals surface area contributed by atoms with Gasteiger partial charge in [0.15, 0.2) is 11.5 Å². The van der Waals surface area contributed by atoms with Crippen LogP contribution in [0.4, 0.5) is 10.5 Å². The summed E-state index contributed by atoms with van der Waals surface area (Å²) in [6, 6.07) is 11.6. The third-order valence-electron chi connectivity index (χ3n) is 3.57. The van der Waals surface area contributed by atoms with Gasteiger partial charge in [-0.15, -0.1) is 0 Å². The first-order chi connectivity index (χ1) is 12.0. The lowest BCUT2D eigenvalue weighted by molar-refractivity contribution is 0.100. The van der Waals surface area contributed by atoms with E-state index in [1.807, 2.05) is 18.2 Å². The van der Waals surface area contributed by atoms with E-state index in [9.17, 15) is 9.59 Å². The van der Waals surface area contributed by atoms with E-state index in [1.54, 1.807) is 38.5 Å². The van der Waals surface area contributed by atoms with Gasteiger partial charge in [0, 0.05) is 17.8 Å². The van der Waals surface area contributed by atoms with E-state index in [0.717, 1.165) is 5.56 Å². The second-order valence-electron chi connectivity index (χ2n) is 5.26. The third kappa shape index (κ3) is 5.13. The molecule has 7 nitrogen and oxygen atoms in total. The second-order valence-corrected chi connectivity index (χ2v) is 5.26. The minimum Gasteiger partial charge on any atom is -0.493 e. The fourth-order valence-corrected chi connectivity index (χ4v) is 2.25. The Labute approximate surface area is 146 Å². The summed E-state index contributed by atoms with van der Waals surface area (Å²) in [5.41, 5.74) is 7.15. The van der Waals surface area contributed by atoms with Crippen LogP contribution in [0.5, 0.6) is 11.5 Å². The number of ether oxygens (including phenoxy) is 2. The molecule has 0 spiro atoms. The zero-order valence-corrected chi connectivity index (χ0v) is 14.2. The Kier molecular flexibility index (Phi) is 6.22. The maximum atomic E-state index is 11.9. The molecule has 0 aliphatic rings. The SMILES string of the molecule is COc1ccc(CCNC(=O)Nc2ccc(C(N)=O)cc2)cc1OC. The van der Waals surface area contributed by atoms with Gasteiger partial charge in [-0.3, -0.25) is 4.79 Å². The van der Waals surface area contributed by atoms with Gasteiger partial charge in [-0.05, 0) is 48.4 Å². The van der Waals surface area contributed by atoms with Crippen LogP contribution in [0.1, 0.15) is 15.9 Å². The van der Waals surface area contributed by atoms with Crippen LogP contribution < -0.4 is 25.8 Å². The average Bonchev–Trinajstić information content (AvgIpc) is 2.62. The molecule has 0 unspecified atom stereocenters. The van der Waals surface area contributed by atoms with Gasteiger partial charge in [0.2, 0.25) is 5.91 Å². The molecular formula is C18H21N3O4. The Balaban J connectivity index is 1.83. The quantitative estimate of drug-likeness (QED) is 0.717. The van der Waals surface area contributed by atoms with Crippen LogP contribution in [0, 0.1) is 0 Å². The normalized spacial score (nSPS) is 10.0. The minimum atomic E-state index is -0.508. The van der Waals surface area contributed by atoms with E-state index in [-0.39, 0.29) is 6.03 Å². The number of benzene rings is 2. The van der Waals surface area contributed by atoms with Gasteiger partial charge in [-0.25, -0.2) is 4.79 Å². The highest BCUT2D eigenvalue weighted by Gasteiger charge is 2.06. The molecule has 4 N–H and O–H groups in total. The largest absolute Gasteiger partial charge is 0.493 e. The number of carbonyl (C=O) groups is 2. The molecule has 2 aromatic carbocycles. The highest BCUT2D eigenvalue weighted by Crippen LogP contribution is 2.27. The molecule has 0 atom stereocenters. The van der Waals surface area contributed by atoms with Gasteiger partial charge in [0.1, 0.15) is 0 Å². The number of nitrogens with two attached hydrogens (primary N) is 1. The summed E-state index contributed by atoms with van der Waals surface area (Å²) >= 11 is 0. The second kappa shape index (κ2) is 8.58. The average molecular weight is 343 g/mol. The van der Waals surface area contributed by atoms with Gasteiger partial charge in [0.25, 0.3) is 0 Å². The molecule has 0 saturated carbocycles. The van der Waals surface area contributed by atoms with E-state index >= 15 is 0 Å². The van der Waals surface area contributed by atoms with E-state index in [1.165, 1.54) is 0 Å². The molecule has 0 heterocycles. The molecule has 0 fully saturated rings. The fourth-order valence-electron chi connectivity index (χ4n) is 2.25. The molecule has 0 saturated heterocycles. The highest BCUT2D eigenvalue weighted by atomic mass is 16.5. The summed E-state index contributed by atoms with van der Waals surface area (Å²) in [6.07, 6.45) is 0.647. The molecule has 0 aromatic heterocycles. The number of primary amides is 1. The van der Waals surface area contributed by atoms with Crippen LogP contribution in [0.15, 0.2) is 42.5 Å². The summed E-state index contributed by atoms with van der Waals surface area (Å²) in [6.45, 7) is 0.459. The lowest BCUT2D eigenvalue weighted by Crippen LogP contribution is -2.30. The van der Waals surface area contributed by atoms with Crippen molar-refractivity contribution in [1.29, 1.82) is 0 Å². The Bertz CT molecular complexity index is 744. The van der Waals surface area contributed by atoms with Crippen LogP contribution in [0.2, 0.25) is 0 Å². The molecule has 7 heteroatoms. The zero-order chi connectivity index (χ0) is 18.2. The van der Waals surface area contributed by atoms with Crippen molar-refractivity contribution < 1.29 is 19.1 Å². The number of urea groups is 1. The van der Waals surface area contributed by atoms with Crippen molar-refractivity contribution in [2.75, 3.05) is 26.1 Å². The number of hydrogen-bond acceptors (Lipinski definition) is 4. The first-order valence-electron chi connectivity index (χ1n) is 7.69. The van der Waals surface area contributed by atoms with Gasteiger partial charge in [-0.2, -0.15) is 0 Å². The number of anilines is 1. The fraction of sp³-hybridized carbons (Fsp3) is 0.222. The van der Waals surface area contributed by atoms with E-state index < -0.39 is 5.91 Å². The maximum absolute atomic E-state index is 11.9. The predicted molar refractivity (Wildman–Crippen MR) is 95.2 cm³/mol. The number of rotatable bonds is 7. The number of nitrogens with one attached hydrogen (secondary N) is 2. The number of amides is 3. The van der Waals surface area contributed by atoms with Gasteiger partial charge < -0.3 is 25.8 Å². The van der Waals surface area contributed by atoms with Crippen molar-refractivity contribution in [1.82, 2.24) is 5.32 Å². The number of hydrogen-bond donors (Lipinski definition) is 3. The Morgan fingerprint density at radius 3 is 2.28 bits per heavy atom. The summed E-state index contributed by atoms with van der Waals surface area (Å²) < 4.78 is 10.4. The summed E-state index contributed by atoms with van der Waals surface area (Å²) in [4.78, 5) is 22.9. The topological polar surface area (TPSA) is 103 Å². The van der Waals surface area contributed by atoms with Crippen molar-refractivity contribution in [3.8, 4) is 11.5 Å². The van der Waals surface area contributed by atoms with E-state index in [0.29, 0.717) is 35.7 Å². The first kappa shape index (κ1) is 18.1. The molecule has 132 valence electrons. The Morgan fingerprint density at radius 2 is 1.68 bits per heavy atom. The highest BCUT2D eigenvalue weighted by molar-refractivity contribution is 5.94. The van der Waals surface area contributed by atoms with E-state index in [2.05, 4.69) is 10.6 Å². The zero-order valence-electron chi connectivity index (χ0n) is 14.2. The molecule has 3 amide bonds. The van der Waals surface area contributed by atoms with Crippen LogP contribution >= 0.6 is 0 Å². The summed E-state index contributed by atoms with van der Waals surface area (Å²) in [5, 5.41) is 5.46. The smallest absolute Gasteiger partial charge is 0.319 e. The number of carbonyl (C=O) groups excluding carboxylic acids is 2. The Morgan fingerprint density at radius 1 is 1.00 bits per heavy atom. The molecular weight excluding hydrogens is 322 g/mol. The molecule has 0 radical (unpaired) electrons. The standard InChI is InChI=1S/C18H21N3O4/c1-24-15-8-3-12(11-16(15)25-2)9-10-20-18(23)21-14-6-4-13(5-7-14)17(19)22/h3-8,11H,9-10H2,1-2H3,(H2,19,22)(H2,20,21,23). The molecule has 0 aliphatic carbocycles. The monoisotopic (exact) mass is 343 g/mol. The van der Waals surface area contributed by atoms with Crippen molar-refractivity contribution in [2.24, 2.45) is 5.73 Å². The lowest BCUT2D eigenvalue weighted by Gasteiger charge is -2.10. The van der Waals surface area contributed by atoms with E-state index in [4.69, 9.17) is 15.2 Å². The predicted octanol–water partition coefficient (Wildman–Crippen LogP) is 2.17. The van der Waals surface area contributed by atoms with Crippen LogP contribution in [-0.2, 0) is 6.42 Å². The van der Waals surface area contributed by atoms with Crippen LogP contribution in [0.3, 0.4) is 0 Å². The van der Waals surface area contributed by atoms with Crippen molar-refractivity contribution in [3.05, 3.63) is 53.6 Å². The third-order valence-corrected chi connectivity index (χ3v) is 3.57. The van der Waals surface area contributed by atoms with Crippen molar-refractivity contribution in [2.45, 2.75) is 6.42 Å². The van der Waals surface area contributed by atoms with Crippen molar-refractivity contribution in [3.63, 3.8) is 0 Å². The summed E-state index contributed by atoms with van der Waals surface area (Å²) in [5.74, 6) is 0.807. The van der Waals surface area contributed by atoms with Gasteiger partial charge in [-0.1, -0.05) is 6.07 Å². The van der Waals surface area contributed by atoms with Gasteiger partial charge in [0.05, 0.1) is 14.2 Å². The molecule has 25 heavy (non-hydrogen) atoms. The Hall–Kier alpha value is -3.22. The van der Waals surface area contributed by atoms with Crippen LogP contribution in [-0.4, -0.2) is 32.7 Å². The summed E-state index contributed by atoms with van der Waals surface area (Å²) in [7, 11) is 3.16. The lowest BCUT2D eigenvalue weighted by atomic mass is 10.1. The van der Waals surface area contributed by atoms with Gasteiger partial charge >= 0.3 is 6.03 Å². The molecule has 2 aromatic rings. The first-order valence-corrected chi connectivity index (χ1v) is 7.69.